The first-order chi connectivity index (χ1) is 9.24. The summed E-state index contributed by atoms with van der Waals surface area (Å²) in [5.74, 6) is 0. The molecule has 98 valence electrons. The van der Waals surface area contributed by atoms with Crippen LogP contribution in [-0.2, 0) is 12.8 Å². The fourth-order valence-corrected chi connectivity index (χ4v) is 2.23. The van der Waals surface area contributed by atoms with Crippen LogP contribution in [0, 0.1) is 0 Å². The Morgan fingerprint density at radius 3 is 2.68 bits per heavy atom. The molecule has 3 rings (SSSR count). The number of hydrogen-bond acceptors (Lipinski definition) is 4. The van der Waals surface area contributed by atoms with Crippen molar-refractivity contribution in [1.29, 1.82) is 0 Å². The van der Waals surface area contributed by atoms with Gasteiger partial charge in [0.1, 0.15) is 5.52 Å². The molecule has 1 aromatic carbocycles. The average molecular weight is 256 g/mol. The highest BCUT2D eigenvalue weighted by atomic mass is 16.4. The van der Waals surface area contributed by atoms with Crippen molar-refractivity contribution in [3.63, 3.8) is 0 Å². The zero-order valence-electron chi connectivity index (χ0n) is 11.1. The van der Waals surface area contributed by atoms with E-state index in [9.17, 15) is 0 Å². The van der Waals surface area contributed by atoms with Gasteiger partial charge in [-0.25, -0.2) is 0 Å². The molecule has 2 N–H and O–H groups in total. The van der Waals surface area contributed by atoms with E-state index in [1.54, 1.807) is 4.68 Å². The summed E-state index contributed by atoms with van der Waals surface area (Å²) in [5, 5.41) is 4.50. The fraction of sp³-hybridized carbons (Fsp3) is 0.286. The minimum absolute atomic E-state index is 0.476. The summed E-state index contributed by atoms with van der Waals surface area (Å²) in [6.07, 6.45) is 1.59. The Bertz CT molecular complexity index is 693. The van der Waals surface area contributed by atoms with Gasteiger partial charge >= 0.3 is 6.01 Å². The third-order valence-corrected chi connectivity index (χ3v) is 3.23. The number of fused-ring (bicyclic) bond motifs is 1. The quantitative estimate of drug-likeness (QED) is 0.782. The second kappa shape index (κ2) is 4.42. The molecule has 0 aliphatic rings. The van der Waals surface area contributed by atoms with E-state index in [-0.39, 0.29) is 0 Å². The maximum Gasteiger partial charge on any atom is 0.324 e. The summed E-state index contributed by atoms with van der Waals surface area (Å²) in [7, 11) is 0. The first kappa shape index (κ1) is 11.8. The molecule has 0 saturated carbocycles. The van der Waals surface area contributed by atoms with Crippen molar-refractivity contribution >= 4 is 16.8 Å². The van der Waals surface area contributed by atoms with E-state index in [4.69, 9.17) is 10.2 Å². The minimum Gasteiger partial charge on any atom is -0.422 e. The second-order valence-electron chi connectivity index (χ2n) is 4.39. The van der Waals surface area contributed by atoms with Gasteiger partial charge in [-0.05, 0) is 25.0 Å². The molecule has 0 spiro atoms. The molecule has 0 fully saturated rings. The van der Waals surface area contributed by atoms with Crippen molar-refractivity contribution in [3.05, 3.63) is 35.7 Å². The number of nitrogen functional groups attached to an aromatic ring is 1. The molecule has 0 bridgehead atoms. The summed E-state index contributed by atoms with van der Waals surface area (Å²) < 4.78 is 7.46. The van der Waals surface area contributed by atoms with E-state index in [1.165, 1.54) is 0 Å². The molecule has 0 aliphatic heterocycles. The van der Waals surface area contributed by atoms with Gasteiger partial charge < -0.3 is 10.2 Å². The van der Waals surface area contributed by atoms with Gasteiger partial charge in [0.15, 0.2) is 5.58 Å². The Morgan fingerprint density at radius 1 is 1.21 bits per heavy atom. The van der Waals surface area contributed by atoms with Crippen LogP contribution in [0.25, 0.3) is 17.1 Å². The van der Waals surface area contributed by atoms with Crippen molar-refractivity contribution in [2.75, 3.05) is 5.73 Å². The summed E-state index contributed by atoms with van der Waals surface area (Å²) in [6.45, 7) is 4.08. The standard InChI is InChI=1S/C14H16N4O/c1-3-9-13(15)11(4-2)18(17-9)14-16-10-7-5-6-8-12(10)19-14/h5-8H,3-4,15H2,1-2H3. The van der Waals surface area contributed by atoms with Crippen LogP contribution in [0.1, 0.15) is 25.2 Å². The lowest BCUT2D eigenvalue weighted by molar-refractivity contribution is 0.533. The number of hydrogen-bond donors (Lipinski definition) is 1. The number of para-hydroxylation sites is 2. The van der Waals surface area contributed by atoms with Crippen molar-refractivity contribution in [3.8, 4) is 6.01 Å². The van der Waals surface area contributed by atoms with Crippen LogP contribution >= 0.6 is 0 Å². The third kappa shape index (κ3) is 1.78. The highest BCUT2D eigenvalue weighted by Gasteiger charge is 2.17. The molecule has 3 aromatic rings. The van der Waals surface area contributed by atoms with Gasteiger partial charge in [-0.2, -0.15) is 14.8 Å². The molecule has 2 heterocycles. The SMILES string of the molecule is CCc1nn(-c2nc3ccccc3o2)c(CC)c1N. The van der Waals surface area contributed by atoms with Gasteiger partial charge in [0.25, 0.3) is 0 Å². The predicted molar refractivity (Wildman–Crippen MR) is 74.3 cm³/mol. The van der Waals surface area contributed by atoms with Crippen LogP contribution < -0.4 is 5.73 Å². The maximum atomic E-state index is 6.10. The number of rotatable bonds is 3. The summed E-state index contributed by atoms with van der Waals surface area (Å²) in [6, 6.07) is 8.15. The van der Waals surface area contributed by atoms with Crippen LogP contribution in [0.15, 0.2) is 28.7 Å². The Balaban J connectivity index is 2.20. The van der Waals surface area contributed by atoms with Crippen LogP contribution in [0.3, 0.4) is 0 Å². The Labute approximate surface area is 111 Å². The highest BCUT2D eigenvalue weighted by molar-refractivity contribution is 5.73. The van der Waals surface area contributed by atoms with Crippen molar-refractivity contribution in [1.82, 2.24) is 14.8 Å². The summed E-state index contributed by atoms with van der Waals surface area (Å²) >= 11 is 0. The molecule has 0 amide bonds. The maximum absolute atomic E-state index is 6.10. The van der Waals surface area contributed by atoms with E-state index in [1.807, 2.05) is 38.1 Å². The lowest BCUT2D eigenvalue weighted by atomic mass is 10.2. The summed E-state index contributed by atoms with van der Waals surface area (Å²) in [5.41, 5.74) is 10.3. The van der Waals surface area contributed by atoms with E-state index < -0.39 is 0 Å². The lowest BCUT2D eigenvalue weighted by Crippen LogP contribution is -2.02. The second-order valence-corrected chi connectivity index (χ2v) is 4.39. The lowest BCUT2D eigenvalue weighted by Gasteiger charge is -2.00. The molecule has 0 aliphatic carbocycles. The fourth-order valence-electron chi connectivity index (χ4n) is 2.23. The first-order valence-electron chi connectivity index (χ1n) is 6.46. The Hall–Kier alpha value is -2.30. The largest absolute Gasteiger partial charge is 0.422 e. The van der Waals surface area contributed by atoms with Crippen LogP contribution in [0.2, 0.25) is 0 Å². The van der Waals surface area contributed by atoms with E-state index >= 15 is 0 Å². The van der Waals surface area contributed by atoms with Gasteiger partial charge in [-0.15, -0.1) is 0 Å². The summed E-state index contributed by atoms with van der Waals surface area (Å²) in [4.78, 5) is 4.46. The molecule has 0 radical (unpaired) electrons. The molecule has 0 unspecified atom stereocenters. The molecular weight excluding hydrogens is 240 g/mol. The van der Waals surface area contributed by atoms with Crippen LogP contribution in [-0.4, -0.2) is 14.8 Å². The van der Waals surface area contributed by atoms with Gasteiger partial charge in [0.2, 0.25) is 0 Å². The van der Waals surface area contributed by atoms with Gasteiger partial charge in [0.05, 0.1) is 17.1 Å². The predicted octanol–water partition coefficient (Wildman–Crippen LogP) is 2.72. The van der Waals surface area contributed by atoms with Crippen molar-refractivity contribution in [2.24, 2.45) is 0 Å². The van der Waals surface area contributed by atoms with E-state index in [0.29, 0.717) is 6.01 Å². The Kier molecular flexibility index (Phi) is 2.74. The molecule has 19 heavy (non-hydrogen) atoms. The number of benzene rings is 1. The normalized spacial score (nSPS) is 11.3. The smallest absolute Gasteiger partial charge is 0.324 e. The molecule has 5 heteroatoms. The topological polar surface area (TPSA) is 69.9 Å². The number of nitrogens with two attached hydrogens (primary N) is 1. The van der Waals surface area contributed by atoms with Crippen molar-refractivity contribution in [2.45, 2.75) is 26.7 Å². The monoisotopic (exact) mass is 256 g/mol. The zero-order chi connectivity index (χ0) is 13.4. The van der Waals surface area contributed by atoms with Crippen LogP contribution in [0.4, 0.5) is 5.69 Å². The van der Waals surface area contributed by atoms with E-state index in [2.05, 4.69) is 10.1 Å². The number of aryl methyl sites for hydroxylation is 1. The third-order valence-electron chi connectivity index (χ3n) is 3.23. The van der Waals surface area contributed by atoms with Crippen LogP contribution in [0.5, 0.6) is 0 Å². The van der Waals surface area contributed by atoms with Gasteiger partial charge in [-0.1, -0.05) is 26.0 Å². The molecule has 0 atom stereocenters. The van der Waals surface area contributed by atoms with Gasteiger partial charge in [-0.3, -0.25) is 0 Å². The first-order valence-corrected chi connectivity index (χ1v) is 6.46. The number of oxazole rings is 1. The number of nitrogens with zero attached hydrogens (tertiary/aromatic N) is 3. The molecule has 5 nitrogen and oxygen atoms in total. The van der Waals surface area contributed by atoms with E-state index in [0.717, 1.165) is 41.0 Å². The van der Waals surface area contributed by atoms with Gasteiger partial charge in [0, 0.05) is 0 Å². The minimum atomic E-state index is 0.476. The number of anilines is 1. The molecular formula is C14H16N4O. The van der Waals surface area contributed by atoms with Crippen molar-refractivity contribution < 1.29 is 4.42 Å². The number of aromatic nitrogens is 3. The molecule has 2 aromatic heterocycles. The Morgan fingerprint density at radius 2 is 2.00 bits per heavy atom. The average Bonchev–Trinajstić information content (AvgIpc) is 2.98. The zero-order valence-corrected chi connectivity index (χ0v) is 11.1. The molecule has 0 saturated heterocycles. The highest BCUT2D eigenvalue weighted by Crippen LogP contribution is 2.24.